The molecule has 0 aromatic heterocycles. The van der Waals surface area contributed by atoms with Crippen molar-refractivity contribution in [1.82, 2.24) is 4.90 Å². The highest BCUT2D eigenvalue weighted by atomic mass is 16.3. The van der Waals surface area contributed by atoms with Crippen LogP contribution >= 0.6 is 0 Å². The van der Waals surface area contributed by atoms with Gasteiger partial charge in [-0.25, -0.2) is 0 Å². The van der Waals surface area contributed by atoms with Gasteiger partial charge in [-0.15, -0.1) is 0 Å². The van der Waals surface area contributed by atoms with Crippen LogP contribution in [-0.2, 0) is 11.0 Å². The fourth-order valence-electron chi connectivity index (χ4n) is 3.99. The molecular weight excluding hydrogens is 282 g/mol. The third-order valence-electron chi connectivity index (χ3n) is 5.24. The number of nitrogens with zero attached hydrogens (tertiary/aromatic N) is 1. The van der Waals surface area contributed by atoms with E-state index in [1.807, 2.05) is 12.1 Å². The smallest absolute Gasteiger partial charge is 0.115 e. The molecule has 3 rings (SSSR count). The highest BCUT2D eigenvalue weighted by molar-refractivity contribution is 5.57. The van der Waals surface area contributed by atoms with Crippen LogP contribution in [0.2, 0.25) is 0 Å². The van der Waals surface area contributed by atoms with E-state index in [1.165, 1.54) is 11.1 Å². The summed E-state index contributed by atoms with van der Waals surface area (Å²) in [6, 6.07) is 16.8. The molecule has 122 valence electrons. The van der Waals surface area contributed by atoms with Crippen molar-refractivity contribution in [1.29, 1.82) is 0 Å². The first-order chi connectivity index (χ1) is 10.9. The lowest BCUT2D eigenvalue weighted by Gasteiger charge is -2.44. The predicted octanol–water partition coefficient (Wildman–Crippen LogP) is 3.90. The summed E-state index contributed by atoms with van der Waals surface area (Å²) in [6.07, 6.45) is 1.71. The van der Waals surface area contributed by atoms with Crippen LogP contribution < -0.4 is 0 Å². The van der Waals surface area contributed by atoms with Crippen molar-refractivity contribution in [3.63, 3.8) is 0 Å². The largest absolute Gasteiger partial charge is 0.380 e. The minimum atomic E-state index is -0.890. The molecule has 0 heterocycles. The molecule has 0 saturated heterocycles. The van der Waals surface area contributed by atoms with E-state index in [0.717, 1.165) is 30.5 Å². The van der Waals surface area contributed by atoms with Crippen LogP contribution in [0.4, 0.5) is 0 Å². The van der Waals surface area contributed by atoms with Gasteiger partial charge in [-0.05, 0) is 55.7 Å². The Morgan fingerprint density at radius 3 is 1.70 bits per heavy atom. The molecule has 0 saturated carbocycles. The topological polar surface area (TPSA) is 23.5 Å². The zero-order chi connectivity index (χ0) is 16.7. The van der Waals surface area contributed by atoms with E-state index in [0.29, 0.717) is 0 Å². The number of rotatable bonds is 4. The van der Waals surface area contributed by atoms with E-state index in [2.05, 4.69) is 69.2 Å². The number of aliphatic hydroxyl groups is 1. The van der Waals surface area contributed by atoms with Gasteiger partial charge in [0.1, 0.15) is 5.60 Å². The maximum Gasteiger partial charge on any atom is 0.115 e. The normalized spacial score (nSPS) is 17.7. The summed E-state index contributed by atoms with van der Waals surface area (Å²) in [4.78, 5) is 2.17. The third kappa shape index (κ3) is 2.60. The Labute approximate surface area is 139 Å². The van der Waals surface area contributed by atoms with Gasteiger partial charge >= 0.3 is 0 Å². The number of hydrogen-bond donors (Lipinski definition) is 1. The average molecular weight is 309 g/mol. The van der Waals surface area contributed by atoms with E-state index in [4.69, 9.17) is 0 Å². The monoisotopic (exact) mass is 309 g/mol. The average Bonchev–Trinajstić information content (AvgIpc) is 2.53. The van der Waals surface area contributed by atoms with Crippen LogP contribution in [0.3, 0.4) is 0 Å². The lowest BCUT2D eigenvalue weighted by Crippen LogP contribution is -2.40. The van der Waals surface area contributed by atoms with E-state index >= 15 is 0 Å². The van der Waals surface area contributed by atoms with Crippen molar-refractivity contribution >= 4 is 0 Å². The lowest BCUT2D eigenvalue weighted by atomic mass is 9.62. The summed E-state index contributed by atoms with van der Waals surface area (Å²) in [6.45, 7) is 5.49. The zero-order valence-corrected chi connectivity index (χ0v) is 14.6. The molecule has 0 atom stereocenters. The minimum Gasteiger partial charge on any atom is -0.380 e. The van der Waals surface area contributed by atoms with Crippen LogP contribution in [0.5, 0.6) is 0 Å². The molecular formula is C21H27NO. The molecule has 2 aromatic carbocycles. The van der Waals surface area contributed by atoms with E-state index in [1.54, 1.807) is 0 Å². The van der Waals surface area contributed by atoms with Gasteiger partial charge in [-0.1, -0.05) is 62.4 Å². The van der Waals surface area contributed by atoms with Gasteiger partial charge in [0, 0.05) is 5.41 Å². The Balaban J connectivity index is 2.13. The van der Waals surface area contributed by atoms with Crippen LogP contribution in [0.25, 0.3) is 0 Å². The summed E-state index contributed by atoms with van der Waals surface area (Å²) in [7, 11) is 4.16. The van der Waals surface area contributed by atoms with Gasteiger partial charge < -0.3 is 10.0 Å². The molecule has 2 nitrogen and oxygen atoms in total. The number of fused-ring (bicyclic) bond motifs is 2. The van der Waals surface area contributed by atoms with Crippen molar-refractivity contribution in [2.45, 2.75) is 37.7 Å². The summed E-state index contributed by atoms with van der Waals surface area (Å²) < 4.78 is 0. The van der Waals surface area contributed by atoms with Crippen molar-refractivity contribution in [2.75, 3.05) is 20.6 Å². The van der Waals surface area contributed by atoms with Gasteiger partial charge in [0.05, 0.1) is 0 Å². The summed E-state index contributed by atoms with van der Waals surface area (Å²) in [5.41, 5.74) is 3.65. The molecule has 23 heavy (non-hydrogen) atoms. The van der Waals surface area contributed by atoms with E-state index in [-0.39, 0.29) is 5.41 Å². The zero-order valence-electron chi connectivity index (χ0n) is 14.6. The number of benzene rings is 2. The first-order valence-corrected chi connectivity index (χ1v) is 8.44. The van der Waals surface area contributed by atoms with E-state index < -0.39 is 5.60 Å². The van der Waals surface area contributed by atoms with Gasteiger partial charge in [0.25, 0.3) is 0 Å². The maximum atomic E-state index is 11.7. The fourth-order valence-corrected chi connectivity index (χ4v) is 3.99. The lowest BCUT2D eigenvalue weighted by molar-refractivity contribution is 0.0592. The second-order valence-electron chi connectivity index (χ2n) is 7.48. The second-order valence-corrected chi connectivity index (χ2v) is 7.48. The molecule has 1 N–H and O–H groups in total. The predicted molar refractivity (Wildman–Crippen MR) is 95.8 cm³/mol. The summed E-state index contributed by atoms with van der Waals surface area (Å²) in [5, 5.41) is 11.7. The summed E-state index contributed by atoms with van der Waals surface area (Å²) >= 11 is 0. The molecule has 0 unspecified atom stereocenters. The van der Waals surface area contributed by atoms with Crippen molar-refractivity contribution in [3.8, 4) is 0 Å². The fraction of sp³-hybridized carbons (Fsp3) is 0.429. The molecule has 0 amide bonds. The molecule has 0 aliphatic heterocycles. The standard InChI is InChI=1S/C21H27NO/c1-20(2)16-10-5-7-12-18(16)21(23,14-9-15-22(3)4)19-13-8-6-11-17(19)20/h5-8,10-13,23H,9,14-15H2,1-4H3. The third-order valence-corrected chi connectivity index (χ3v) is 5.24. The van der Waals surface area contributed by atoms with E-state index in [9.17, 15) is 5.11 Å². The molecule has 2 aromatic rings. The first kappa shape index (κ1) is 16.2. The molecule has 1 aliphatic rings. The van der Waals surface area contributed by atoms with Gasteiger partial charge in [-0.2, -0.15) is 0 Å². The maximum absolute atomic E-state index is 11.7. The van der Waals surface area contributed by atoms with Gasteiger partial charge in [0.15, 0.2) is 0 Å². The van der Waals surface area contributed by atoms with Crippen molar-refractivity contribution in [3.05, 3.63) is 70.8 Å². The molecule has 0 radical (unpaired) electrons. The van der Waals surface area contributed by atoms with Crippen LogP contribution in [0.15, 0.2) is 48.5 Å². The van der Waals surface area contributed by atoms with Gasteiger partial charge in [0.2, 0.25) is 0 Å². The highest BCUT2D eigenvalue weighted by Crippen LogP contribution is 2.50. The summed E-state index contributed by atoms with van der Waals surface area (Å²) in [5.74, 6) is 0. The Bertz CT molecular complexity index is 653. The number of hydrogen-bond acceptors (Lipinski definition) is 2. The molecule has 0 spiro atoms. The molecule has 2 heteroatoms. The van der Waals surface area contributed by atoms with Crippen LogP contribution in [-0.4, -0.2) is 30.6 Å². The first-order valence-electron chi connectivity index (χ1n) is 8.44. The Kier molecular flexibility index (Phi) is 4.07. The Hall–Kier alpha value is -1.64. The van der Waals surface area contributed by atoms with Crippen molar-refractivity contribution in [2.24, 2.45) is 0 Å². The Morgan fingerprint density at radius 1 is 0.826 bits per heavy atom. The minimum absolute atomic E-state index is 0.0824. The quantitative estimate of drug-likeness (QED) is 0.926. The SMILES string of the molecule is CN(C)CCCC1(O)c2ccccc2C(C)(C)c2ccccc21. The molecule has 0 bridgehead atoms. The second kappa shape index (κ2) is 5.77. The highest BCUT2D eigenvalue weighted by Gasteiger charge is 2.44. The van der Waals surface area contributed by atoms with Crippen LogP contribution in [0, 0.1) is 0 Å². The Morgan fingerprint density at radius 2 is 1.26 bits per heavy atom. The van der Waals surface area contributed by atoms with Crippen LogP contribution in [0.1, 0.15) is 48.9 Å². The molecule has 1 aliphatic carbocycles. The molecule has 0 fully saturated rings. The van der Waals surface area contributed by atoms with Gasteiger partial charge in [-0.3, -0.25) is 0 Å². The van der Waals surface area contributed by atoms with Crippen molar-refractivity contribution < 1.29 is 5.11 Å².